The Bertz CT molecular complexity index is 1570. The first kappa shape index (κ1) is 29.6. The topological polar surface area (TPSA) is 46.0 Å². The maximum atomic E-state index is 11.4. The number of hydrogen-bond donors (Lipinski definition) is 1. The van der Waals surface area contributed by atoms with E-state index < -0.39 is 0 Å². The molecule has 4 aromatic rings. The van der Waals surface area contributed by atoms with Crippen molar-refractivity contribution in [3.8, 4) is 39.5 Å². The smallest absolute Gasteiger partial charge is 0.125 e. The average Bonchev–Trinajstić information content (AvgIpc) is 3.47. The highest BCUT2D eigenvalue weighted by atomic mass is 16.3. The van der Waals surface area contributed by atoms with Gasteiger partial charge in [-0.1, -0.05) is 109 Å². The van der Waals surface area contributed by atoms with Gasteiger partial charge >= 0.3 is 0 Å². The summed E-state index contributed by atoms with van der Waals surface area (Å²) in [6.07, 6.45) is 15.8. The molecule has 6 rings (SSSR count). The summed E-state index contributed by atoms with van der Waals surface area (Å²) < 4.78 is 0. The minimum atomic E-state index is -0.105. The van der Waals surface area contributed by atoms with Crippen LogP contribution in [-0.2, 0) is 10.8 Å². The lowest BCUT2D eigenvalue weighted by Crippen LogP contribution is -2.28. The molecule has 224 valence electrons. The summed E-state index contributed by atoms with van der Waals surface area (Å²) in [6, 6.07) is 21.9. The second kappa shape index (κ2) is 12.3. The van der Waals surface area contributed by atoms with Crippen LogP contribution in [0.15, 0.2) is 66.9 Å². The fourth-order valence-corrected chi connectivity index (χ4v) is 8.21. The van der Waals surface area contributed by atoms with Gasteiger partial charge in [0.05, 0.1) is 17.1 Å². The van der Waals surface area contributed by atoms with Gasteiger partial charge in [-0.05, 0) is 78.3 Å². The molecule has 2 heterocycles. The van der Waals surface area contributed by atoms with Crippen LogP contribution in [0.5, 0.6) is 5.75 Å². The number of pyridine rings is 2. The molecule has 0 atom stereocenters. The number of phenolic OH excluding ortho intramolecular Hbond substituents is 1. The molecular weight excluding hydrogens is 524 g/mol. The van der Waals surface area contributed by atoms with Crippen molar-refractivity contribution in [3.05, 3.63) is 89.1 Å². The Morgan fingerprint density at radius 2 is 1.23 bits per heavy atom. The fourth-order valence-electron chi connectivity index (χ4n) is 8.21. The van der Waals surface area contributed by atoms with E-state index in [1.807, 2.05) is 24.4 Å². The summed E-state index contributed by atoms with van der Waals surface area (Å²) in [5, 5.41) is 11.4. The average molecular weight is 573 g/mol. The molecule has 43 heavy (non-hydrogen) atoms. The van der Waals surface area contributed by atoms with Crippen molar-refractivity contribution in [2.75, 3.05) is 0 Å². The molecule has 0 amide bonds. The third kappa shape index (κ3) is 4.80. The maximum absolute atomic E-state index is 11.4. The van der Waals surface area contributed by atoms with Crippen LogP contribution in [0.4, 0.5) is 0 Å². The van der Waals surface area contributed by atoms with E-state index in [-0.39, 0.29) is 10.8 Å². The molecule has 2 aliphatic carbocycles. The Labute approximate surface area is 258 Å². The molecule has 0 saturated heterocycles. The zero-order valence-corrected chi connectivity index (χ0v) is 26.7. The fraction of sp³-hybridized carbons (Fsp3) is 0.450. The van der Waals surface area contributed by atoms with E-state index in [0.717, 1.165) is 66.7 Å². The Hall–Kier alpha value is -3.46. The highest BCUT2D eigenvalue weighted by molar-refractivity contribution is 5.89. The first-order valence-electron chi connectivity index (χ1n) is 17.0. The first-order chi connectivity index (χ1) is 21.0. The van der Waals surface area contributed by atoms with Crippen LogP contribution in [0.2, 0.25) is 0 Å². The molecule has 3 nitrogen and oxygen atoms in total. The van der Waals surface area contributed by atoms with Crippen LogP contribution >= 0.6 is 0 Å². The van der Waals surface area contributed by atoms with Crippen LogP contribution < -0.4 is 0 Å². The summed E-state index contributed by atoms with van der Waals surface area (Å²) in [4.78, 5) is 10.3. The van der Waals surface area contributed by atoms with Crippen LogP contribution in [0.1, 0.15) is 127 Å². The minimum Gasteiger partial charge on any atom is -0.507 e. The van der Waals surface area contributed by atoms with Gasteiger partial charge in [0.1, 0.15) is 5.75 Å². The molecule has 0 aliphatic heterocycles. The number of aromatic nitrogens is 2. The molecule has 3 heteroatoms. The second-order valence-electron chi connectivity index (χ2n) is 13.0. The van der Waals surface area contributed by atoms with E-state index in [4.69, 9.17) is 4.98 Å². The predicted molar refractivity (Wildman–Crippen MR) is 180 cm³/mol. The SMILES string of the molecule is CCCCC1(CCCC)c2ccc(-c3ccccn3)cc2-c2nc3c(cc21)C(CCCC)(CCCC)c1cccc(O)c1-3. The van der Waals surface area contributed by atoms with E-state index in [1.165, 1.54) is 66.3 Å². The van der Waals surface area contributed by atoms with Crippen LogP contribution in [0.25, 0.3) is 33.8 Å². The van der Waals surface area contributed by atoms with Crippen molar-refractivity contribution in [2.24, 2.45) is 0 Å². The van der Waals surface area contributed by atoms with Gasteiger partial charge in [-0.15, -0.1) is 0 Å². The van der Waals surface area contributed by atoms with Crippen molar-refractivity contribution >= 4 is 0 Å². The monoisotopic (exact) mass is 572 g/mol. The summed E-state index contributed by atoms with van der Waals surface area (Å²) in [5.41, 5.74) is 11.8. The van der Waals surface area contributed by atoms with Gasteiger partial charge in [0, 0.05) is 33.7 Å². The molecule has 0 spiro atoms. The van der Waals surface area contributed by atoms with E-state index in [9.17, 15) is 5.11 Å². The molecule has 0 saturated carbocycles. The zero-order chi connectivity index (χ0) is 30.0. The van der Waals surface area contributed by atoms with Gasteiger partial charge in [-0.3, -0.25) is 4.98 Å². The molecule has 1 N–H and O–H groups in total. The third-order valence-electron chi connectivity index (χ3n) is 10.4. The van der Waals surface area contributed by atoms with Crippen LogP contribution in [0, 0.1) is 0 Å². The number of benzene rings is 2. The molecule has 2 aliphatic rings. The quantitative estimate of drug-likeness (QED) is 0.173. The number of hydrogen-bond acceptors (Lipinski definition) is 3. The van der Waals surface area contributed by atoms with E-state index in [0.29, 0.717) is 5.75 Å². The van der Waals surface area contributed by atoms with E-state index in [1.54, 1.807) is 0 Å². The summed E-state index contributed by atoms with van der Waals surface area (Å²) in [7, 11) is 0. The summed E-state index contributed by atoms with van der Waals surface area (Å²) in [5.74, 6) is 0.366. The lowest BCUT2D eigenvalue weighted by Gasteiger charge is -2.35. The van der Waals surface area contributed by atoms with E-state index >= 15 is 0 Å². The van der Waals surface area contributed by atoms with Crippen molar-refractivity contribution in [1.82, 2.24) is 9.97 Å². The predicted octanol–water partition coefficient (Wildman–Crippen LogP) is 11.1. The van der Waals surface area contributed by atoms with Gasteiger partial charge in [0.2, 0.25) is 0 Å². The molecule has 0 unspecified atom stereocenters. The summed E-state index contributed by atoms with van der Waals surface area (Å²) in [6.45, 7) is 9.22. The van der Waals surface area contributed by atoms with Gasteiger partial charge in [0.15, 0.2) is 0 Å². The molecule has 0 bridgehead atoms. The normalized spacial score (nSPS) is 15.2. The number of nitrogens with zero attached hydrogens (tertiary/aromatic N) is 2. The van der Waals surface area contributed by atoms with Gasteiger partial charge < -0.3 is 5.11 Å². The van der Waals surface area contributed by atoms with Gasteiger partial charge in [-0.2, -0.15) is 0 Å². The number of rotatable bonds is 13. The molecular formula is C40H48N2O. The number of phenols is 1. The van der Waals surface area contributed by atoms with Crippen LogP contribution in [-0.4, -0.2) is 15.1 Å². The first-order valence-corrected chi connectivity index (χ1v) is 17.0. The summed E-state index contributed by atoms with van der Waals surface area (Å²) >= 11 is 0. The standard InChI is InChI=1S/C40H48N2O/c1-5-9-21-39(22-10-6-2)30-20-19-28(34-17-13-14-25-41-34)26-29(30)37-32(39)27-33-38(42-37)36-31(16-15-18-35(36)43)40(33,23-11-7-3)24-12-8-4/h13-20,25-27,43H,5-12,21-24H2,1-4H3. The Balaban J connectivity index is 1.65. The van der Waals surface area contributed by atoms with Gasteiger partial charge in [-0.25, -0.2) is 4.98 Å². The third-order valence-corrected chi connectivity index (χ3v) is 10.4. The largest absolute Gasteiger partial charge is 0.507 e. The minimum absolute atomic E-state index is 0.0422. The van der Waals surface area contributed by atoms with Crippen molar-refractivity contribution in [1.29, 1.82) is 0 Å². The Kier molecular flexibility index (Phi) is 8.45. The van der Waals surface area contributed by atoms with Crippen molar-refractivity contribution < 1.29 is 5.11 Å². The second-order valence-corrected chi connectivity index (χ2v) is 13.0. The van der Waals surface area contributed by atoms with Crippen molar-refractivity contribution in [2.45, 2.75) is 116 Å². The Morgan fingerprint density at radius 3 is 1.84 bits per heavy atom. The Morgan fingerprint density at radius 1 is 0.605 bits per heavy atom. The molecule has 2 aromatic carbocycles. The lowest BCUT2D eigenvalue weighted by molar-refractivity contribution is 0.402. The van der Waals surface area contributed by atoms with E-state index in [2.05, 4.69) is 75.1 Å². The van der Waals surface area contributed by atoms with Gasteiger partial charge in [0.25, 0.3) is 0 Å². The molecule has 0 fully saturated rings. The van der Waals surface area contributed by atoms with Crippen molar-refractivity contribution in [3.63, 3.8) is 0 Å². The maximum Gasteiger partial charge on any atom is 0.125 e. The lowest BCUT2D eigenvalue weighted by atomic mass is 9.68. The van der Waals surface area contributed by atoms with Crippen LogP contribution in [0.3, 0.4) is 0 Å². The number of unbranched alkanes of at least 4 members (excludes halogenated alkanes) is 4. The highest BCUT2D eigenvalue weighted by Gasteiger charge is 2.49. The number of fused-ring (bicyclic) bond motifs is 6. The zero-order valence-electron chi connectivity index (χ0n) is 26.7. The number of aromatic hydroxyl groups is 1. The highest BCUT2D eigenvalue weighted by Crippen LogP contribution is 2.61. The molecule has 2 aromatic heterocycles. The molecule has 0 radical (unpaired) electrons.